The van der Waals surface area contributed by atoms with E-state index in [1.54, 1.807) is 38.1 Å². The molecular formula is C20H23FN2O2. The first kappa shape index (κ1) is 18.6. The van der Waals surface area contributed by atoms with Gasteiger partial charge in [0.15, 0.2) is 0 Å². The van der Waals surface area contributed by atoms with Crippen LogP contribution in [-0.2, 0) is 15.0 Å². The Bertz CT molecular complexity index is 787. The van der Waals surface area contributed by atoms with Gasteiger partial charge in [0.05, 0.1) is 11.5 Å². The Morgan fingerprint density at radius 1 is 1.08 bits per heavy atom. The zero-order chi connectivity index (χ0) is 18.6. The summed E-state index contributed by atoms with van der Waals surface area (Å²) in [6.07, 6.45) is 0. The molecule has 0 heterocycles. The molecule has 2 amide bonds. The van der Waals surface area contributed by atoms with Crippen molar-refractivity contribution in [2.75, 3.05) is 5.32 Å². The first-order valence-electron chi connectivity index (χ1n) is 8.15. The minimum absolute atomic E-state index is 0.158. The lowest BCUT2D eigenvalue weighted by molar-refractivity contribution is -0.126. The molecule has 4 nitrogen and oxygen atoms in total. The van der Waals surface area contributed by atoms with E-state index in [1.807, 2.05) is 25.1 Å². The van der Waals surface area contributed by atoms with Gasteiger partial charge in [0.2, 0.25) is 11.8 Å². The van der Waals surface area contributed by atoms with Crippen molar-refractivity contribution < 1.29 is 14.0 Å². The van der Waals surface area contributed by atoms with Crippen molar-refractivity contribution in [3.05, 3.63) is 65.5 Å². The van der Waals surface area contributed by atoms with Gasteiger partial charge in [0.25, 0.3) is 0 Å². The second-order valence-corrected chi connectivity index (χ2v) is 6.61. The quantitative estimate of drug-likeness (QED) is 0.865. The Morgan fingerprint density at radius 3 is 2.40 bits per heavy atom. The van der Waals surface area contributed by atoms with Gasteiger partial charge in [-0.2, -0.15) is 0 Å². The summed E-state index contributed by atoms with van der Waals surface area (Å²) < 4.78 is 14.1. The summed E-state index contributed by atoms with van der Waals surface area (Å²) >= 11 is 0. The first-order valence-corrected chi connectivity index (χ1v) is 8.15. The molecule has 0 aliphatic carbocycles. The molecule has 132 valence electrons. The van der Waals surface area contributed by atoms with E-state index >= 15 is 0 Å². The van der Waals surface area contributed by atoms with Gasteiger partial charge in [-0.3, -0.25) is 9.59 Å². The monoisotopic (exact) mass is 342 g/mol. The molecule has 1 atom stereocenters. The number of anilines is 1. The number of hydrogen-bond donors (Lipinski definition) is 2. The summed E-state index contributed by atoms with van der Waals surface area (Å²) in [6.45, 7) is 6.68. The number of halogens is 1. The average Bonchev–Trinajstić information content (AvgIpc) is 2.54. The molecule has 0 fully saturated rings. The highest BCUT2D eigenvalue weighted by Gasteiger charge is 2.33. The van der Waals surface area contributed by atoms with Crippen LogP contribution in [0.4, 0.5) is 10.1 Å². The van der Waals surface area contributed by atoms with Crippen molar-refractivity contribution in [3.8, 4) is 0 Å². The molecule has 0 saturated carbocycles. The standard InChI is InChI=1S/C20H23FN2O2/c1-13(15-8-7-9-16(12-15)23-14(2)24)22-19(25)20(3,4)17-10-5-6-11-18(17)21/h5-13H,1-4H3,(H,22,25)(H,23,24)/t13-/m0/s1. The van der Waals surface area contributed by atoms with E-state index in [0.717, 1.165) is 5.56 Å². The van der Waals surface area contributed by atoms with Gasteiger partial charge >= 0.3 is 0 Å². The van der Waals surface area contributed by atoms with Crippen LogP contribution in [0.15, 0.2) is 48.5 Å². The molecule has 5 heteroatoms. The molecule has 0 aromatic heterocycles. The van der Waals surface area contributed by atoms with Gasteiger partial charge in [-0.25, -0.2) is 4.39 Å². The molecule has 0 bridgehead atoms. The van der Waals surface area contributed by atoms with Gasteiger partial charge < -0.3 is 10.6 Å². The Kier molecular flexibility index (Phi) is 5.57. The lowest BCUT2D eigenvalue weighted by atomic mass is 9.83. The lowest BCUT2D eigenvalue weighted by Crippen LogP contribution is -2.41. The summed E-state index contributed by atoms with van der Waals surface area (Å²) in [4.78, 5) is 23.9. The Balaban J connectivity index is 2.17. The maximum atomic E-state index is 14.1. The summed E-state index contributed by atoms with van der Waals surface area (Å²) in [5, 5.41) is 5.64. The fourth-order valence-electron chi connectivity index (χ4n) is 2.64. The van der Waals surface area contributed by atoms with Crippen LogP contribution in [0, 0.1) is 5.82 Å². The van der Waals surface area contributed by atoms with Crippen LogP contribution in [0.2, 0.25) is 0 Å². The van der Waals surface area contributed by atoms with E-state index in [1.165, 1.54) is 13.0 Å². The minimum Gasteiger partial charge on any atom is -0.349 e. The second-order valence-electron chi connectivity index (χ2n) is 6.61. The van der Waals surface area contributed by atoms with Gasteiger partial charge in [-0.05, 0) is 44.5 Å². The van der Waals surface area contributed by atoms with Crippen LogP contribution in [-0.4, -0.2) is 11.8 Å². The predicted octanol–water partition coefficient (Wildman–Crippen LogP) is 3.94. The fraction of sp³-hybridized carbons (Fsp3) is 0.300. The summed E-state index contributed by atoms with van der Waals surface area (Å²) in [5.74, 6) is -0.826. The SMILES string of the molecule is CC(=O)Nc1cccc([C@H](C)NC(=O)C(C)(C)c2ccccc2F)c1. The highest BCUT2D eigenvalue weighted by molar-refractivity contribution is 5.89. The van der Waals surface area contributed by atoms with Crippen molar-refractivity contribution >= 4 is 17.5 Å². The van der Waals surface area contributed by atoms with Crippen LogP contribution in [0.25, 0.3) is 0 Å². The largest absolute Gasteiger partial charge is 0.349 e. The molecular weight excluding hydrogens is 319 g/mol. The summed E-state index contributed by atoms with van der Waals surface area (Å²) in [7, 11) is 0. The van der Waals surface area contributed by atoms with Gasteiger partial charge in [-0.1, -0.05) is 30.3 Å². The molecule has 2 aromatic carbocycles. The topological polar surface area (TPSA) is 58.2 Å². The molecule has 0 spiro atoms. The first-order chi connectivity index (χ1) is 11.7. The van der Waals surface area contributed by atoms with E-state index in [2.05, 4.69) is 10.6 Å². The highest BCUT2D eigenvalue weighted by Crippen LogP contribution is 2.27. The third-order valence-electron chi connectivity index (χ3n) is 4.17. The zero-order valence-corrected chi connectivity index (χ0v) is 14.9. The molecule has 0 aliphatic rings. The second kappa shape index (κ2) is 7.47. The third kappa shape index (κ3) is 4.44. The van der Waals surface area contributed by atoms with Crippen molar-refractivity contribution in [1.82, 2.24) is 5.32 Å². The molecule has 0 radical (unpaired) electrons. The summed E-state index contributed by atoms with van der Waals surface area (Å²) in [5.41, 5.74) is 0.865. The summed E-state index contributed by atoms with van der Waals surface area (Å²) in [6, 6.07) is 13.3. The fourth-order valence-corrected chi connectivity index (χ4v) is 2.64. The van der Waals surface area contributed by atoms with E-state index in [0.29, 0.717) is 11.3 Å². The molecule has 2 N–H and O–H groups in total. The van der Waals surface area contributed by atoms with Gasteiger partial charge in [0, 0.05) is 18.2 Å². The normalized spacial score (nSPS) is 12.4. The number of carbonyl (C=O) groups excluding carboxylic acids is 2. The zero-order valence-electron chi connectivity index (χ0n) is 14.9. The molecule has 0 unspecified atom stereocenters. The number of benzene rings is 2. The van der Waals surface area contributed by atoms with Crippen LogP contribution < -0.4 is 10.6 Å². The smallest absolute Gasteiger partial charge is 0.230 e. The molecule has 25 heavy (non-hydrogen) atoms. The molecule has 2 rings (SSSR count). The predicted molar refractivity (Wildman–Crippen MR) is 96.7 cm³/mol. The number of rotatable bonds is 5. The Labute approximate surface area is 147 Å². The van der Waals surface area contributed by atoms with Gasteiger partial charge in [0.1, 0.15) is 5.82 Å². The maximum absolute atomic E-state index is 14.1. The Hall–Kier alpha value is -2.69. The van der Waals surface area contributed by atoms with Crippen LogP contribution in [0.5, 0.6) is 0 Å². The van der Waals surface area contributed by atoms with Crippen LogP contribution in [0.3, 0.4) is 0 Å². The molecule has 0 aliphatic heterocycles. The van der Waals surface area contributed by atoms with Crippen LogP contribution >= 0.6 is 0 Å². The lowest BCUT2D eigenvalue weighted by Gasteiger charge is -2.27. The van der Waals surface area contributed by atoms with Crippen molar-refractivity contribution in [2.24, 2.45) is 0 Å². The van der Waals surface area contributed by atoms with E-state index in [4.69, 9.17) is 0 Å². The van der Waals surface area contributed by atoms with Crippen LogP contribution in [0.1, 0.15) is 44.9 Å². The van der Waals surface area contributed by atoms with Crippen molar-refractivity contribution in [3.63, 3.8) is 0 Å². The molecule has 2 aromatic rings. The van der Waals surface area contributed by atoms with Crippen molar-refractivity contribution in [2.45, 2.75) is 39.2 Å². The highest BCUT2D eigenvalue weighted by atomic mass is 19.1. The number of hydrogen-bond acceptors (Lipinski definition) is 2. The van der Waals surface area contributed by atoms with Crippen molar-refractivity contribution in [1.29, 1.82) is 0 Å². The third-order valence-corrected chi connectivity index (χ3v) is 4.17. The average molecular weight is 342 g/mol. The number of carbonyl (C=O) groups is 2. The molecule has 0 saturated heterocycles. The van der Waals surface area contributed by atoms with Gasteiger partial charge in [-0.15, -0.1) is 0 Å². The minimum atomic E-state index is -1.01. The van der Waals surface area contributed by atoms with E-state index < -0.39 is 11.2 Å². The van der Waals surface area contributed by atoms with E-state index in [-0.39, 0.29) is 17.9 Å². The number of amides is 2. The van der Waals surface area contributed by atoms with E-state index in [9.17, 15) is 14.0 Å². The Morgan fingerprint density at radius 2 is 1.76 bits per heavy atom. The maximum Gasteiger partial charge on any atom is 0.230 e. The number of nitrogens with one attached hydrogen (secondary N) is 2.